The van der Waals surface area contributed by atoms with E-state index in [1.165, 1.54) is 24.4 Å². The molecule has 2 aromatic rings. The normalized spacial score (nSPS) is 11.4. The minimum atomic E-state index is -1.08. The zero-order chi connectivity index (χ0) is 15.4. The van der Waals surface area contributed by atoms with E-state index in [9.17, 15) is 20.2 Å². The van der Waals surface area contributed by atoms with Gasteiger partial charge in [0.1, 0.15) is 0 Å². The molecule has 0 amide bonds. The SMILES string of the molecule is Cc1ccc([N+](=O)[O-])cc1C(=O)C(C#N)c1ccccn1. The van der Waals surface area contributed by atoms with Crippen LogP contribution in [0.5, 0.6) is 0 Å². The van der Waals surface area contributed by atoms with Crippen LogP contribution in [0.25, 0.3) is 0 Å². The molecule has 0 saturated carbocycles. The Bertz CT molecular complexity index is 736. The van der Waals surface area contributed by atoms with Gasteiger partial charge in [-0.05, 0) is 24.6 Å². The van der Waals surface area contributed by atoms with Gasteiger partial charge in [-0.25, -0.2) is 0 Å². The van der Waals surface area contributed by atoms with Crippen LogP contribution in [0, 0.1) is 28.4 Å². The lowest BCUT2D eigenvalue weighted by atomic mass is 9.92. The molecule has 21 heavy (non-hydrogen) atoms. The highest BCUT2D eigenvalue weighted by Crippen LogP contribution is 2.24. The van der Waals surface area contributed by atoms with Crippen LogP contribution in [-0.2, 0) is 0 Å². The molecule has 0 spiro atoms. The smallest absolute Gasteiger partial charge is 0.270 e. The van der Waals surface area contributed by atoms with Gasteiger partial charge in [0.2, 0.25) is 0 Å². The van der Waals surface area contributed by atoms with Gasteiger partial charge in [0.15, 0.2) is 11.7 Å². The predicted octanol–water partition coefficient (Wildman–Crippen LogP) is 2.79. The van der Waals surface area contributed by atoms with Gasteiger partial charge in [-0.1, -0.05) is 12.1 Å². The van der Waals surface area contributed by atoms with E-state index in [1.54, 1.807) is 25.1 Å². The van der Waals surface area contributed by atoms with Crippen LogP contribution in [-0.4, -0.2) is 15.7 Å². The molecule has 1 heterocycles. The number of aryl methyl sites for hydroxylation is 1. The number of nitrogens with zero attached hydrogens (tertiary/aromatic N) is 3. The number of ketones is 1. The van der Waals surface area contributed by atoms with Crippen LogP contribution in [0.1, 0.15) is 27.5 Å². The molecule has 6 nitrogen and oxygen atoms in total. The molecule has 104 valence electrons. The van der Waals surface area contributed by atoms with E-state index in [1.807, 2.05) is 6.07 Å². The number of nitro groups is 1. The van der Waals surface area contributed by atoms with Crippen molar-refractivity contribution in [3.63, 3.8) is 0 Å². The summed E-state index contributed by atoms with van der Waals surface area (Å²) in [5.41, 5.74) is 0.903. The second kappa shape index (κ2) is 5.92. The summed E-state index contributed by atoms with van der Waals surface area (Å²) in [5.74, 6) is -1.57. The van der Waals surface area contributed by atoms with Gasteiger partial charge in [0, 0.05) is 23.9 Å². The lowest BCUT2D eigenvalue weighted by molar-refractivity contribution is -0.384. The van der Waals surface area contributed by atoms with E-state index < -0.39 is 16.6 Å². The Morgan fingerprint density at radius 2 is 2.14 bits per heavy atom. The fraction of sp³-hybridized carbons (Fsp3) is 0.133. The topological polar surface area (TPSA) is 96.9 Å². The number of carbonyl (C=O) groups is 1. The Kier molecular flexibility index (Phi) is 4.05. The average molecular weight is 281 g/mol. The number of nitriles is 1. The van der Waals surface area contributed by atoms with E-state index in [0.717, 1.165) is 0 Å². The number of hydrogen-bond donors (Lipinski definition) is 0. The molecule has 0 bridgehead atoms. The summed E-state index contributed by atoms with van der Waals surface area (Å²) >= 11 is 0. The molecule has 1 atom stereocenters. The second-order valence-corrected chi connectivity index (χ2v) is 4.44. The van der Waals surface area contributed by atoms with Crippen molar-refractivity contribution in [2.75, 3.05) is 0 Å². The molecule has 0 aliphatic rings. The van der Waals surface area contributed by atoms with Crippen molar-refractivity contribution in [1.82, 2.24) is 4.98 Å². The molecule has 0 aliphatic carbocycles. The van der Waals surface area contributed by atoms with E-state index in [0.29, 0.717) is 11.3 Å². The summed E-state index contributed by atoms with van der Waals surface area (Å²) in [7, 11) is 0. The van der Waals surface area contributed by atoms with Crippen molar-refractivity contribution in [3.8, 4) is 6.07 Å². The molecule has 1 aromatic carbocycles. The number of aromatic nitrogens is 1. The largest absolute Gasteiger partial charge is 0.292 e. The molecular formula is C15H11N3O3. The number of carbonyl (C=O) groups excluding carboxylic acids is 1. The quantitative estimate of drug-likeness (QED) is 0.487. The number of nitro benzene ring substituents is 1. The van der Waals surface area contributed by atoms with Crippen molar-refractivity contribution >= 4 is 11.5 Å². The van der Waals surface area contributed by atoms with E-state index >= 15 is 0 Å². The summed E-state index contributed by atoms with van der Waals surface area (Å²) < 4.78 is 0. The fourth-order valence-corrected chi connectivity index (χ4v) is 1.95. The van der Waals surface area contributed by atoms with E-state index in [2.05, 4.69) is 4.98 Å². The first-order valence-electron chi connectivity index (χ1n) is 6.14. The van der Waals surface area contributed by atoms with Crippen molar-refractivity contribution < 1.29 is 9.72 Å². The van der Waals surface area contributed by atoms with Gasteiger partial charge in [-0.3, -0.25) is 19.9 Å². The highest BCUT2D eigenvalue weighted by atomic mass is 16.6. The van der Waals surface area contributed by atoms with Crippen molar-refractivity contribution in [2.24, 2.45) is 0 Å². The predicted molar refractivity (Wildman–Crippen MR) is 74.8 cm³/mol. The first-order chi connectivity index (χ1) is 10.0. The summed E-state index contributed by atoms with van der Waals surface area (Å²) in [6, 6.07) is 10.9. The monoisotopic (exact) mass is 281 g/mol. The Morgan fingerprint density at radius 3 is 2.71 bits per heavy atom. The lowest BCUT2D eigenvalue weighted by Crippen LogP contribution is -2.14. The number of Topliss-reactive ketones (excluding diaryl/α,β-unsaturated/α-hetero) is 1. The summed E-state index contributed by atoms with van der Waals surface area (Å²) in [4.78, 5) is 26.7. The van der Waals surface area contributed by atoms with Crippen LogP contribution in [0.3, 0.4) is 0 Å². The van der Waals surface area contributed by atoms with Crippen LogP contribution < -0.4 is 0 Å². The summed E-state index contributed by atoms with van der Waals surface area (Å²) in [5, 5.41) is 20.0. The molecule has 1 aromatic heterocycles. The minimum absolute atomic E-state index is 0.168. The molecule has 0 fully saturated rings. The molecule has 2 rings (SSSR count). The van der Waals surface area contributed by atoms with Crippen LogP contribution in [0.4, 0.5) is 5.69 Å². The maximum Gasteiger partial charge on any atom is 0.270 e. The zero-order valence-corrected chi connectivity index (χ0v) is 11.2. The second-order valence-electron chi connectivity index (χ2n) is 4.44. The van der Waals surface area contributed by atoms with Gasteiger partial charge >= 0.3 is 0 Å². The molecular weight excluding hydrogens is 270 g/mol. The first kappa shape index (κ1) is 14.3. The van der Waals surface area contributed by atoms with Gasteiger partial charge in [0.25, 0.3) is 5.69 Å². The Hall–Kier alpha value is -3.07. The lowest BCUT2D eigenvalue weighted by Gasteiger charge is -2.09. The molecule has 0 saturated heterocycles. The van der Waals surface area contributed by atoms with Crippen LogP contribution >= 0.6 is 0 Å². The molecule has 6 heteroatoms. The Balaban J connectivity index is 2.46. The van der Waals surface area contributed by atoms with Crippen LogP contribution in [0.15, 0.2) is 42.6 Å². The summed E-state index contributed by atoms with van der Waals surface area (Å²) in [6.07, 6.45) is 1.49. The summed E-state index contributed by atoms with van der Waals surface area (Å²) in [6.45, 7) is 1.67. The maximum atomic E-state index is 12.5. The zero-order valence-electron chi connectivity index (χ0n) is 11.2. The number of hydrogen-bond acceptors (Lipinski definition) is 5. The Morgan fingerprint density at radius 1 is 1.38 bits per heavy atom. The van der Waals surface area contributed by atoms with Gasteiger partial charge in [-0.15, -0.1) is 0 Å². The van der Waals surface area contributed by atoms with Crippen LogP contribution in [0.2, 0.25) is 0 Å². The third-order valence-corrected chi connectivity index (χ3v) is 3.07. The molecule has 1 unspecified atom stereocenters. The maximum absolute atomic E-state index is 12.5. The third-order valence-electron chi connectivity index (χ3n) is 3.07. The van der Waals surface area contributed by atoms with Crippen molar-refractivity contribution in [2.45, 2.75) is 12.8 Å². The number of non-ortho nitro benzene ring substituents is 1. The fourth-order valence-electron chi connectivity index (χ4n) is 1.95. The highest BCUT2D eigenvalue weighted by Gasteiger charge is 2.25. The van der Waals surface area contributed by atoms with E-state index in [-0.39, 0.29) is 11.3 Å². The van der Waals surface area contributed by atoms with Crippen molar-refractivity contribution in [3.05, 3.63) is 69.5 Å². The molecule has 0 aliphatic heterocycles. The first-order valence-corrected chi connectivity index (χ1v) is 6.14. The number of pyridine rings is 1. The van der Waals surface area contributed by atoms with Gasteiger partial charge < -0.3 is 0 Å². The molecule has 0 radical (unpaired) electrons. The average Bonchev–Trinajstić information content (AvgIpc) is 2.49. The van der Waals surface area contributed by atoms with E-state index in [4.69, 9.17) is 0 Å². The number of rotatable bonds is 4. The third kappa shape index (κ3) is 2.92. The van der Waals surface area contributed by atoms with Gasteiger partial charge in [0.05, 0.1) is 16.7 Å². The molecule has 0 N–H and O–H groups in total. The Labute approximate surface area is 120 Å². The van der Waals surface area contributed by atoms with Crippen molar-refractivity contribution in [1.29, 1.82) is 5.26 Å². The standard InChI is InChI=1S/C15H11N3O3/c1-10-5-6-11(18(20)21)8-12(10)15(19)13(9-16)14-4-2-3-7-17-14/h2-8,13H,1H3. The minimum Gasteiger partial charge on any atom is -0.292 e. The van der Waals surface area contributed by atoms with Gasteiger partial charge in [-0.2, -0.15) is 5.26 Å². The highest BCUT2D eigenvalue weighted by molar-refractivity contribution is 6.04. The number of benzene rings is 1.